The Kier molecular flexibility index (Phi) is 8.07. The zero-order valence-corrected chi connectivity index (χ0v) is 17.9. The van der Waals surface area contributed by atoms with Crippen LogP contribution in [0.25, 0.3) is 0 Å². The van der Waals surface area contributed by atoms with Gasteiger partial charge in [0.25, 0.3) is 0 Å². The third-order valence-corrected chi connectivity index (χ3v) is 4.26. The lowest BCUT2D eigenvalue weighted by atomic mass is 10.1. The van der Waals surface area contributed by atoms with Crippen LogP contribution >= 0.6 is 24.0 Å². The summed E-state index contributed by atoms with van der Waals surface area (Å²) in [6.45, 7) is 1.50. The summed E-state index contributed by atoms with van der Waals surface area (Å²) in [5.41, 5.74) is 0. The highest BCUT2D eigenvalue weighted by Gasteiger charge is 2.20. The fourth-order valence-corrected chi connectivity index (χ4v) is 2.75. The quantitative estimate of drug-likeness (QED) is 0.353. The smallest absolute Gasteiger partial charge is 0.243 e. The number of aliphatic imine (C=N–C) groups is 1. The number of nitrogens with one attached hydrogen (secondary N) is 2. The van der Waals surface area contributed by atoms with Crippen LogP contribution in [0.2, 0.25) is 0 Å². The molecule has 10 heteroatoms. The number of carbonyl (C=O) groups is 1. The van der Waals surface area contributed by atoms with Crippen molar-refractivity contribution in [1.29, 1.82) is 0 Å². The van der Waals surface area contributed by atoms with Crippen LogP contribution in [0.5, 0.6) is 0 Å². The van der Waals surface area contributed by atoms with E-state index in [-0.39, 0.29) is 42.5 Å². The number of aromatic nitrogens is 3. The fourth-order valence-electron chi connectivity index (χ4n) is 2.75. The van der Waals surface area contributed by atoms with Crippen molar-refractivity contribution >= 4 is 35.8 Å². The number of likely N-dealkylation sites (N-methyl/N-ethyl adjacent to an activating group) is 1. The Morgan fingerprint density at radius 2 is 2.33 bits per heavy atom. The first-order valence-electron chi connectivity index (χ1n) is 8.76. The van der Waals surface area contributed by atoms with Gasteiger partial charge in [0.1, 0.15) is 24.5 Å². The summed E-state index contributed by atoms with van der Waals surface area (Å²) in [5.74, 6) is 2.50. The van der Waals surface area contributed by atoms with Crippen LogP contribution in [0.1, 0.15) is 18.0 Å². The van der Waals surface area contributed by atoms with Crippen molar-refractivity contribution < 1.29 is 9.21 Å². The molecule has 0 radical (unpaired) electrons. The second-order valence-corrected chi connectivity index (χ2v) is 6.45. The summed E-state index contributed by atoms with van der Waals surface area (Å²) in [7, 11) is 3.45. The first-order valence-corrected chi connectivity index (χ1v) is 8.76. The van der Waals surface area contributed by atoms with E-state index < -0.39 is 0 Å². The van der Waals surface area contributed by atoms with E-state index in [9.17, 15) is 4.79 Å². The Balaban J connectivity index is 0.00000261. The number of hydrogen-bond acceptors (Lipinski definition) is 5. The van der Waals surface area contributed by atoms with Gasteiger partial charge in [-0.2, -0.15) is 5.10 Å². The summed E-state index contributed by atoms with van der Waals surface area (Å²) in [6, 6.07) is 4.00. The number of amides is 1. The van der Waals surface area contributed by atoms with Gasteiger partial charge in [0, 0.05) is 39.5 Å². The van der Waals surface area contributed by atoms with E-state index in [0.29, 0.717) is 12.5 Å². The molecule has 3 rings (SSSR count). The van der Waals surface area contributed by atoms with Gasteiger partial charge in [0.05, 0.1) is 12.8 Å². The molecular weight excluding hydrogens is 461 g/mol. The van der Waals surface area contributed by atoms with Crippen LogP contribution < -0.4 is 10.6 Å². The molecule has 3 heterocycles. The lowest BCUT2D eigenvalue weighted by molar-refractivity contribution is -0.127. The van der Waals surface area contributed by atoms with E-state index in [1.807, 2.05) is 16.8 Å². The third kappa shape index (κ3) is 6.22. The molecule has 0 aliphatic carbocycles. The van der Waals surface area contributed by atoms with Crippen molar-refractivity contribution in [1.82, 2.24) is 30.3 Å². The Labute approximate surface area is 175 Å². The van der Waals surface area contributed by atoms with Gasteiger partial charge < -0.3 is 20.0 Å². The van der Waals surface area contributed by atoms with E-state index in [4.69, 9.17) is 4.42 Å². The van der Waals surface area contributed by atoms with Gasteiger partial charge in [-0.05, 0) is 18.6 Å². The van der Waals surface area contributed by atoms with Crippen LogP contribution in [-0.2, 0) is 24.2 Å². The van der Waals surface area contributed by atoms with Crippen LogP contribution in [-0.4, -0.2) is 64.8 Å². The standard InChI is InChI=1S/C17H25N7O2.HI/c1-23(2)16(25)10-19-17(18-8-7-14-4-3-9-26-14)22-13-5-6-15-20-12-21-24(15)11-13;/h3-4,9,12-13H,5-8,10-11H2,1-2H3,(H2,18,19,22);1H. The molecule has 2 aromatic heterocycles. The summed E-state index contributed by atoms with van der Waals surface area (Å²) in [5, 5.41) is 10.9. The molecule has 0 bridgehead atoms. The highest BCUT2D eigenvalue weighted by Crippen LogP contribution is 2.11. The second kappa shape index (κ2) is 10.3. The molecule has 2 N–H and O–H groups in total. The maximum absolute atomic E-state index is 11.9. The zero-order chi connectivity index (χ0) is 18.4. The molecule has 1 aliphatic heterocycles. The van der Waals surface area contributed by atoms with Crippen LogP contribution in [0.3, 0.4) is 0 Å². The van der Waals surface area contributed by atoms with Gasteiger partial charge in [-0.15, -0.1) is 24.0 Å². The van der Waals surface area contributed by atoms with Gasteiger partial charge in [-0.25, -0.2) is 14.7 Å². The van der Waals surface area contributed by atoms with Crippen molar-refractivity contribution in [3.63, 3.8) is 0 Å². The largest absolute Gasteiger partial charge is 0.469 e. The Morgan fingerprint density at radius 1 is 1.48 bits per heavy atom. The molecule has 0 fully saturated rings. The molecular formula is C17H26IN7O2. The minimum atomic E-state index is -0.0423. The molecule has 1 aliphatic rings. The molecule has 1 atom stereocenters. The number of hydrogen-bond donors (Lipinski definition) is 2. The maximum Gasteiger partial charge on any atom is 0.243 e. The molecule has 0 saturated heterocycles. The highest BCUT2D eigenvalue weighted by molar-refractivity contribution is 14.0. The maximum atomic E-state index is 11.9. The summed E-state index contributed by atoms with van der Waals surface area (Å²) in [4.78, 5) is 22.1. The Bertz CT molecular complexity index is 742. The summed E-state index contributed by atoms with van der Waals surface area (Å²) in [6.07, 6.45) is 5.81. The lowest BCUT2D eigenvalue weighted by Gasteiger charge is -2.25. The van der Waals surface area contributed by atoms with Crippen molar-refractivity contribution in [2.24, 2.45) is 4.99 Å². The van der Waals surface area contributed by atoms with Crippen LogP contribution in [0.4, 0.5) is 0 Å². The first-order chi connectivity index (χ1) is 12.6. The predicted molar refractivity (Wildman–Crippen MR) is 112 cm³/mol. The van der Waals surface area contributed by atoms with Crippen molar-refractivity contribution in [3.8, 4) is 0 Å². The number of furan rings is 1. The number of fused-ring (bicyclic) bond motifs is 1. The topological polar surface area (TPSA) is 101 Å². The minimum absolute atomic E-state index is 0. The van der Waals surface area contributed by atoms with Crippen LogP contribution in [0, 0.1) is 0 Å². The van der Waals surface area contributed by atoms with Crippen molar-refractivity contribution in [3.05, 3.63) is 36.3 Å². The van der Waals surface area contributed by atoms with E-state index in [1.165, 1.54) is 4.90 Å². The molecule has 0 saturated carbocycles. The number of halogens is 1. The van der Waals surface area contributed by atoms with Crippen molar-refractivity contribution in [2.75, 3.05) is 27.2 Å². The Hall–Kier alpha value is -2.11. The number of rotatable bonds is 6. The monoisotopic (exact) mass is 487 g/mol. The van der Waals surface area contributed by atoms with Gasteiger partial charge in [-0.3, -0.25) is 4.79 Å². The average Bonchev–Trinajstić information content (AvgIpc) is 3.30. The minimum Gasteiger partial charge on any atom is -0.469 e. The second-order valence-electron chi connectivity index (χ2n) is 6.45. The molecule has 148 valence electrons. The number of nitrogens with zero attached hydrogens (tertiary/aromatic N) is 5. The van der Waals surface area contributed by atoms with Gasteiger partial charge >= 0.3 is 0 Å². The third-order valence-electron chi connectivity index (χ3n) is 4.26. The Morgan fingerprint density at radius 3 is 3.07 bits per heavy atom. The number of carbonyl (C=O) groups excluding carboxylic acids is 1. The molecule has 1 amide bonds. The number of aryl methyl sites for hydroxylation is 1. The SMILES string of the molecule is CN(C)C(=O)CN=C(NCCc1ccco1)NC1CCc2ncnn2C1.I. The predicted octanol–water partition coefficient (Wildman–Crippen LogP) is 0.670. The molecule has 27 heavy (non-hydrogen) atoms. The van der Waals surface area contributed by atoms with E-state index in [0.717, 1.165) is 37.4 Å². The molecule has 1 unspecified atom stereocenters. The van der Waals surface area contributed by atoms with Gasteiger partial charge in [0.2, 0.25) is 5.91 Å². The number of guanidine groups is 1. The molecule has 0 aromatic carbocycles. The molecule has 9 nitrogen and oxygen atoms in total. The normalized spacial score (nSPS) is 16.2. The summed E-state index contributed by atoms with van der Waals surface area (Å²) >= 11 is 0. The first kappa shape index (κ1) is 21.2. The van der Waals surface area contributed by atoms with Gasteiger partial charge in [-0.1, -0.05) is 0 Å². The summed E-state index contributed by atoms with van der Waals surface area (Å²) < 4.78 is 7.25. The fraction of sp³-hybridized carbons (Fsp3) is 0.529. The van der Waals surface area contributed by atoms with Gasteiger partial charge in [0.15, 0.2) is 5.96 Å². The highest BCUT2D eigenvalue weighted by atomic mass is 127. The van der Waals surface area contributed by atoms with E-state index >= 15 is 0 Å². The molecule has 2 aromatic rings. The van der Waals surface area contributed by atoms with Crippen LogP contribution in [0.15, 0.2) is 34.1 Å². The van der Waals surface area contributed by atoms with E-state index in [2.05, 4.69) is 25.7 Å². The van der Waals surface area contributed by atoms with Crippen molar-refractivity contribution in [2.45, 2.75) is 31.8 Å². The molecule has 0 spiro atoms. The van der Waals surface area contributed by atoms with E-state index in [1.54, 1.807) is 26.7 Å². The zero-order valence-electron chi connectivity index (χ0n) is 15.6. The average molecular weight is 487 g/mol. The lowest BCUT2D eigenvalue weighted by Crippen LogP contribution is -2.48.